The molecule has 32 heavy (non-hydrogen) atoms. The van der Waals surface area contributed by atoms with Crippen LogP contribution in [-0.2, 0) is 17.8 Å². The number of alkyl halides is 3. The van der Waals surface area contributed by atoms with Gasteiger partial charge in [0.25, 0.3) is 5.56 Å². The summed E-state index contributed by atoms with van der Waals surface area (Å²) >= 11 is 1.16. The summed E-state index contributed by atoms with van der Waals surface area (Å²) in [5.74, 6) is 0. The number of ether oxygens (including phenoxy) is 1. The van der Waals surface area contributed by atoms with E-state index in [1.165, 1.54) is 9.13 Å². The molecule has 1 saturated carbocycles. The molecule has 0 unspecified atom stereocenters. The smallest absolute Gasteiger partial charge is 0.422 e. The fourth-order valence-electron chi connectivity index (χ4n) is 3.37. The number of halogens is 3. The van der Waals surface area contributed by atoms with Gasteiger partial charge in [-0.15, -0.1) is 11.3 Å². The quantitative estimate of drug-likeness (QED) is 0.594. The summed E-state index contributed by atoms with van der Waals surface area (Å²) in [5.41, 5.74) is 4.12. The molecule has 1 fully saturated rings. The molecule has 178 valence electrons. The molecule has 0 atom stereocenters. The van der Waals surface area contributed by atoms with E-state index in [1.54, 1.807) is 27.7 Å². The normalized spacial score (nSPS) is 14.7. The Morgan fingerprint density at radius 2 is 1.88 bits per heavy atom. The van der Waals surface area contributed by atoms with Crippen molar-refractivity contribution < 1.29 is 22.7 Å². The topological polar surface area (TPSA) is 94.4 Å². The van der Waals surface area contributed by atoms with Crippen LogP contribution in [0.4, 0.5) is 18.0 Å². The third-order valence-corrected chi connectivity index (χ3v) is 6.25. The van der Waals surface area contributed by atoms with Crippen LogP contribution in [0.2, 0.25) is 0 Å². The van der Waals surface area contributed by atoms with Crippen LogP contribution in [0.5, 0.6) is 0 Å². The third-order valence-electron chi connectivity index (χ3n) is 4.93. The molecule has 0 spiro atoms. The maximum Gasteiger partial charge on any atom is 0.422 e. The predicted molar refractivity (Wildman–Crippen MR) is 115 cm³/mol. The molecule has 2 aromatic heterocycles. The second kappa shape index (κ2) is 8.89. The summed E-state index contributed by atoms with van der Waals surface area (Å²) in [6, 6.07) is -0.206. The van der Waals surface area contributed by atoms with Crippen molar-refractivity contribution in [3.05, 3.63) is 31.3 Å². The maximum absolute atomic E-state index is 13.1. The van der Waals surface area contributed by atoms with Crippen molar-refractivity contribution in [2.24, 2.45) is 0 Å². The number of aromatic nitrogens is 2. The molecule has 0 aliphatic heterocycles. The van der Waals surface area contributed by atoms with Crippen LogP contribution in [0.25, 0.3) is 10.2 Å². The Labute approximate surface area is 186 Å². The molecule has 2 heterocycles. The van der Waals surface area contributed by atoms with Gasteiger partial charge in [0, 0.05) is 30.4 Å². The van der Waals surface area contributed by atoms with Crippen LogP contribution in [0, 0.1) is 6.92 Å². The van der Waals surface area contributed by atoms with E-state index >= 15 is 0 Å². The number of nitrogens with one attached hydrogen (secondary N) is 2. The van der Waals surface area contributed by atoms with Gasteiger partial charge in [-0.3, -0.25) is 19.4 Å². The van der Waals surface area contributed by atoms with Crippen molar-refractivity contribution in [3.8, 4) is 0 Å². The molecule has 0 saturated heterocycles. The molecular weight excluding hydrogens is 449 g/mol. The highest BCUT2D eigenvalue weighted by molar-refractivity contribution is 7.18. The van der Waals surface area contributed by atoms with Gasteiger partial charge in [0.2, 0.25) is 0 Å². The van der Waals surface area contributed by atoms with Crippen LogP contribution in [0.1, 0.15) is 62.9 Å². The number of carbonyl (C=O) groups is 1. The summed E-state index contributed by atoms with van der Waals surface area (Å²) in [6.07, 6.45) is -4.87. The molecule has 1 aliphatic rings. The van der Waals surface area contributed by atoms with Crippen LogP contribution >= 0.6 is 11.3 Å². The Hall–Kier alpha value is -2.34. The van der Waals surface area contributed by atoms with Gasteiger partial charge in [-0.1, -0.05) is 0 Å². The molecule has 1 aliphatic carbocycles. The van der Waals surface area contributed by atoms with E-state index in [-0.39, 0.29) is 25.6 Å². The molecule has 1 amide bonds. The molecule has 2 N–H and O–H groups in total. The fraction of sp³-hybridized carbons (Fsp3) is 0.650. The lowest BCUT2D eigenvalue weighted by Crippen LogP contribution is -2.40. The van der Waals surface area contributed by atoms with Gasteiger partial charge in [0.1, 0.15) is 10.4 Å². The minimum atomic E-state index is -4.32. The first-order valence-corrected chi connectivity index (χ1v) is 11.2. The minimum Gasteiger partial charge on any atom is -0.443 e. The number of carbonyl (C=O) groups excluding carboxylic acids is 1. The Morgan fingerprint density at radius 3 is 2.44 bits per heavy atom. The van der Waals surface area contributed by atoms with E-state index in [0.717, 1.165) is 11.3 Å². The molecule has 0 aromatic carbocycles. The summed E-state index contributed by atoms with van der Waals surface area (Å²) in [5, 5.41) is 0.336. The molecule has 2 aromatic rings. The van der Waals surface area contributed by atoms with Gasteiger partial charge in [0.15, 0.2) is 0 Å². The van der Waals surface area contributed by atoms with E-state index in [2.05, 4.69) is 10.9 Å². The first-order valence-electron chi connectivity index (χ1n) is 10.3. The zero-order chi connectivity index (χ0) is 23.8. The fourth-order valence-corrected chi connectivity index (χ4v) is 4.62. The number of rotatable bonds is 7. The lowest BCUT2D eigenvalue weighted by atomic mass is 10.2. The molecule has 0 bridgehead atoms. The van der Waals surface area contributed by atoms with Gasteiger partial charge in [-0.25, -0.2) is 15.0 Å². The standard InChI is InChI=1S/C20H27F3N4O4S/c1-11-13(10-24-25-17(29)31-19(2,3)4)32-16-14(11)15(28)27(12-6-7-12)18(30)26(16)9-5-8-20(21,22)23/h12,24H,5-10H2,1-4H3,(H,25,29). The van der Waals surface area contributed by atoms with Crippen molar-refractivity contribution in [3.63, 3.8) is 0 Å². The van der Waals surface area contributed by atoms with Crippen molar-refractivity contribution >= 4 is 27.6 Å². The first-order chi connectivity index (χ1) is 14.8. The van der Waals surface area contributed by atoms with Crippen LogP contribution in [0.3, 0.4) is 0 Å². The van der Waals surface area contributed by atoms with Gasteiger partial charge >= 0.3 is 18.0 Å². The summed E-state index contributed by atoms with van der Waals surface area (Å²) in [7, 11) is 0. The van der Waals surface area contributed by atoms with Gasteiger partial charge in [-0.2, -0.15) is 13.2 Å². The lowest BCUT2D eigenvalue weighted by Gasteiger charge is -2.19. The van der Waals surface area contributed by atoms with Gasteiger partial charge in [-0.05, 0) is 52.5 Å². The number of hydrogen-bond donors (Lipinski definition) is 2. The number of fused-ring (bicyclic) bond motifs is 1. The molecule has 0 radical (unpaired) electrons. The van der Waals surface area contributed by atoms with Gasteiger partial charge < -0.3 is 4.74 Å². The van der Waals surface area contributed by atoms with E-state index in [0.29, 0.717) is 33.5 Å². The van der Waals surface area contributed by atoms with E-state index < -0.39 is 35.5 Å². The van der Waals surface area contributed by atoms with Crippen molar-refractivity contribution in [2.75, 3.05) is 0 Å². The summed E-state index contributed by atoms with van der Waals surface area (Å²) in [6.45, 7) is 6.93. The third kappa shape index (κ3) is 5.71. The predicted octanol–water partition coefficient (Wildman–Crippen LogP) is 3.74. The number of thiophene rings is 1. The number of hydrazine groups is 1. The highest BCUT2D eigenvalue weighted by atomic mass is 32.1. The molecule has 3 rings (SSSR count). The highest BCUT2D eigenvalue weighted by Gasteiger charge is 2.31. The monoisotopic (exact) mass is 476 g/mol. The van der Waals surface area contributed by atoms with E-state index in [9.17, 15) is 27.6 Å². The largest absolute Gasteiger partial charge is 0.443 e. The second-order valence-electron chi connectivity index (χ2n) is 8.87. The Bertz CT molecular complexity index is 1120. The van der Waals surface area contributed by atoms with Crippen molar-refractivity contribution in [1.82, 2.24) is 20.0 Å². The maximum atomic E-state index is 13.1. The Balaban J connectivity index is 1.90. The first kappa shape index (κ1) is 24.3. The summed E-state index contributed by atoms with van der Waals surface area (Å²) in [4.78, 5) is 38.9. The van der Waals surface area contributed by atoms with Crippen molar-refractivity contribution in [1.29, 1.82) is 0 Å². The summed E-state index contributed by atoms with van der Waals surface area (Å²) < 4.78 is 45.5. The zero-order valence-corrected chi connectivity index (χ0v) is 19.2. The molecule has 12 heteroatoms. The highest BCUT2D eigenvalue weighted by Crippen LogP contribution is 2.34. The van der Waals surface area contributed by atoms with E-state index in [1.807, 2.05) is 0 Å². The minimum absolute atomic E-state index is 0.134. The van der Waals surface area contributed by atoms with Crippen LogP contribution in [0.15, 0.2) is 9.59 Å². The second-order valence-corrected chi connectivity index (χ2v) is 9.95. The molecular formula is C20H27F3N4O4S. The van der Waals surface area contributed by atoms with Crippen LogP contribution < -0.4 is 22.1 Å². The average molecular weight is 477 g/mol. The van der Waals surface area contributed by atoms with Gasteiger partial charge in [0.05, 0.1) is 5.39 Å². The number of aryl methyl sites for hydroxylation is 2. The van der Waals surface area contributed by atoms with Crippen LogP contribution in [-0.4, -0.2) is 27.0 Å². The molecule has 8 nitrogen and oxygen atoms in total. The lowest BCUT2D eigenvalue weighted by molar-refractivity contribution is -0.135. The van der Waals surface area contributed by atoms with Crippen molar-refractivity contribution in [2.45, 2.75) is 84.3 Å². The number of amides is 1. The SMILES string of the molecule is Cc1c(CNNC(=O)OC(C)(C)C)sc2c1c(=O)n(C1CC1)c(=O)n2CCCC(F)(F)F. The average Bonchev–Trinajstić information content (AvgIpc) is 3.40. The van der Waals surface area contributed by atoms with E-state index in [4.69, 9.17) is 4.74 Å². The zero-order valence-electron chi connectivity index (χ0n) is 18.4. The Kier molecular flexibility index (Phi) is 6.75. The number of hydrogen-bond acceptors (Lipinski definition) is 6. The number of nitrogens with zero attached hydrogens (tertiary/aromatic N) is 2. The Morgan fingerprint density at radius 1 is 1.22 bits per heavy atom.